The van der Waals surface area contributed by atoms with Gasteiger partial charge in [-0.3, -0.25) is 4.57 Å². The van der Waals surface area contributed by atoms with Gasteiger partial charge >= 0.3 is 5.97 Å². The van der Waals surface area contributed by atoms with E-state index in [1.54, 1.807) is 10.6 Å². The van der Waals surface area contributed by atoms with Gasteiger partial charge in [0.25, 0.3) is 0 Å². The van der Waals surface area contributed by atoms with Crippen LogP contribution in [0, 0.1) is 6.92 Å². The van der Waals surface area contributed by atoms with Crippen LogP contribution in [0.1, 0.15) is 29.3 Å². The van der Waals surface area contributed by atoms with Crippen molar-refractivity contribution >= 4 is 45.6 Å². The summed E-state index contributed by atoms with van der Waals surface area (Å²) in [4.78, 5) is 22.1. The second kappa shape index (κ2) is 7.13. The zero-order valence-corrected chi connectivity index (χ0v) is 16.3. The minimum atomic E-state index is -0.508. The van der Waals surface area contributed by atoms with Gasteiger partial charge in [-0.15, -0.1) is 0 Å². The molecule has 0 unspecified atom stereocenters. The van der Waals surface area contributed by atoms with E-state index >= 15 is 0 Å². The van der Waals surface area contributed by atoms with Gasteiger partial charge in [-0.2, -0.15) is 0 Å². The number of hydrogen-bond donors (Lipinski definition) is 1. The lowest BCUT2D eigenvalue weighted by molar-refractivity contribution is 0.0508. The number of carbonyl (C=O) groups excluding carboxylic acids is 1. The summed E-state index contributed by atoms with van der Waals surface area (Å²) in [7, 11) is 0. The molecule has 2 N–H and O–H groups in total. The smallest absolute Gasteiger partial charge is 0.344 e. The molecule has 0 bridgehead atoms. The van der Waals surface area contributed by atoms with E-state index in [0.717, 1.165) is 5.56 Å². The Bertz CT molecular complexity index is 1220. The largest absolute Gasteiger partial charge is 0.462 e. The van der Waals surface area contributed by atoms with Crippen molar-refractivity contribution in [1.29, 1.82) is 0 Å². The molecule has 4 rings (SSSR count). The third kappa shape index (κ3) is 2.96. The third-order valence-electron chi connectivity index (χ3n) is 4.55. The zero-order valence-electron chi connectivity index (χ0n) is 15.6. The molecule has 0 amide bonds. The van der Waals surface area contributed by atoms with E-state index in [1.807, 2.05) is 50.2 Å². The van der Waals surface area contributed by atoms with E-state index in [9.17, 15) is 4.79 Å². The number of rotatable bonds is 4. The lowest BCUT2D eigenvalue weighted by atomic mass is 10.2. The highest BCUT2D eigenvalue weighted by molar-refractivity contribution is 6.31. The van der Waals surface area contributed by atoms with Gasteiger partial charge in [-0.1, -0.05) is 36.7 Å². The number of benzene rings is 2. The molecule has 28 heavy (non-hydrogen) atoms. The van der Waals surface area contributed by atoms with Crippen LogP contribution in [0.2, 0.25) is 5.02 Å². The molecule has 0 saturated heterocycles. The average molecular weight is 395 g/mol. The molecule has 0 saturated carbocycles. The number of para-hydroxylation sites is 2. The van der Waals surface area contributed by atoms with Crippen molar-refractivity contribution in [3.8, 4) is 5.69 Å². The summed E-state index contributed by atoms with van der Waals surface area (Å²) in [6, 6.07) is 13.1. The van der Waals surface area contributed by atoms with Crippen molar-refractivity contribution in [1.82, 2.24) is 14.5 Å². The van der Waals surface area contributed by atoms with Gasteiger partial charge in [0, 0.05) is 5.02 Å². The van der Waals surface area contributed by atoms with Gasteiger partial charge in [0.05, 0.1) is 23.3 Å². The summed E-state index contributed by atoms with van der Waals surface area (Å²) in [6.07, 6.45) is 0.715. The maximum Gasteiger partial charge on any atom is 0.344 e. The fraction of sp³-hybridized carbons (Fsp3) is 0.190. The molecule has 0 radical (unpaired) electrons. The number of aromatic nitrogens is 3. The number of fused-ring (bicyclic) bond motifs is 2. The maximum absolute atomic E-state index is 12.7. The molecule has 0 aliphatic heterocycles. The predicted octanol–water partition coefficient (Wildman–Crippen LogP) is 4.68. The molecule has 0 aliphatic rings. The molecule has 0 fully saturated rings. The molecule has 0 spiro atoms. The Morgan fingerprint density at radius 2 is 1.89 bits per heavy atom. The second-order valence-electron chi connectivity index (χ2n) is 6.55. The Morgan fingerprint density at radius 1 is 1.18 bits per heavy atom. The first kappa shape index (κ1) is 18.3. The van der Waals surface area contributed by atoms with E-state index in [-0.39, 0.29) is 11.4 Å². The van der Waals surface area contributed by atoms with Crippen LogP contribution in [0.3, 0.4) is 0 Å². The SMILES string of the molecule is CCCOC(=O)c1c(N)n(-c2ccc(C)c(Cl)c2)c2nc3ccccc3nc12. The summed E-state index contributed by atoms with van der Waals surface area (Å²) in [5.41, 5.74) is 10.6. The minimum absolute atomic E-state index is 0.221. The molecular formula is C21H19ClN4O2. The Morgan fingerprint density at radius 3 is 2.57 bits per heavy atom. The Kier molecular flexibility index (Phi) is 4.65. The van der Waals surface area contributed by atoms with Gasteiger partial charge in [-0.25, -0.2) is 14.8 Å². The van der Waals surface area contributed by atoms with E-state index in [0.29, 0.717) is 45.9 Å². The van der Waals surface area contributed by atoms with E-state index in [2.05, 4.69) is 4.98 Å². The summed E-state index contributed by atoms with van der Waals surface area (Å²) >= 11 is 6.32. The summed E-state index contributed by atoms with van der Waals surface area (Å²) in [6.45, 7) is 4.16. The summed E-state index contributed by atoms with van der Waals surface area (Å²) in [5, 5.41) is 0.600. The van der Waals surface area contributed by atoms with Crippen LogP contribution in [0.15, 0.2) is 42.5 Å². The lowest BCUT2D eigenvalue weighted by Crippen LogP contribution is -2.10. The average Bonchev–Trinajstić information content (AvgIpc) is 2.97. The Hall–Kier alpha value is -3.12. The number of carbonyl (C=O) groups is 1. The lowest BCUT2D eigenvalue weighted by Gasteiger charge is -2.09. The second-order valence-corrected chi connectivity index (χ2v) is 6.96. The van der Waals surface area contributed by atoms with Crippen LogP contribution in [-0.2, 0) is 4.74 Å². The molecule has 2 aromatic heterocycles. The fourth-order valence-electron chi connectivity index (χ4n) is 3.11. The fourth-order valence-corrected chi connectivity index (χ4v) is 3.29. The monoisotopic (exact) mass is 394 g/mol. The van der Waals surface area contributed by atoms with Gasteiger partial charge in [-0.05, 0) is 43.2 Å². The number of halogens is 1. The predicted molar refractivity (Wildman–Crippen MR) is 111 cm³/mol. The van der Waals surface area contributed by atoms with Crippen LogP contribution in [0.4, 0.5) is 5.82 Å². The number of nitrogens with two attached hydrogens (primary N) is 1. The molecule has 7 heteroatoms. The van der Waals surface area contributed by atoms with Gasteiger partial charge in [0.1, 0.15) is 16.9 Å². The number of aryl methyl sites for hydroxylation is 1. The first-order valence-electron chi connectivity index (χ1n) is 9.01. The van der Waals surface area contributed by atoms with Gasteiger partial charge < -0.3 is 10.5 Å². The van der Waals surface area contributed by atoms with Crippen molar-refractivity contribution in [2.45, 2.75) is 20.3 Å². The van der Waals surface area contributed by atoms with E-state index < -0.39 is 5.97 Å². The van der Waals surface area contributed by atoms with Crippen LogP contribution in [0.25, 0.3) is 27.9 Å². The van der Waals surface area contributed by atoms with Crippen LogP contribution < -0.4 is 5.73 Å². The van der Waals surface area contributed by atoms with Crippen LogP contribution in [-0.4, -0.2) is 27.1 Å². The highest BCUT2D eigenvalue weighted by Gasteiger charge is 2.26. The van der Waals surface area contributed by atoms with Crippen molar-refractivity contribution in [3.63, 3.8) is 0 Å². The Balaban J connectivity index is 2.05. The number of nitrogen functional groups attached to an aromatic ring is 1. The molecule has 2 aromatic carbocycles. The number of nitrogens with zero attached hydrogens (tertiary/aromatic N) is 3. The maximum atomic E-state index is 12.7. The molecule has 4 aromatic rings. The van der Waals surface area contributed by atoms with E-state index in [1.165, 1.54) is 0 Å². The third-order valence-corrected chi connectivity index (χ3v) is 4.96. The van der Waals surface area contributed by atoms with E-state index in [4.69, 9.17) is 27.1 Å². The molecular weight excluding hydrogens is 376 g/mol. The molecule has 0 aliphatic carbocycles. The topological polar surface area (TPSA) is 83.0 Å². The number of ether oxygens (including phenoxy) is 1. The van der Waals surface area contributed by atoms with Crippen molar-refractivity contribution in [2.24, 2.45) is 0 Å². The first-order valence-corrected chi connectivity index (χ1v) is 9.39. The Labute approximate surface area is 166 Å². The van der Waals surface area contributed by atoms with Crippen molar-refractivity contribution < 1.29 is 9.53 Å². The van der Waals surface area contributed by atoms with Gasteiger partial charge in [0.15, 0.2) is 5.65 Å². The van der Waals surface area contributed by atoms with Crippen molar-refractivity contribution in [3.05, 3.63) is 58.6 Å². The number of hydrogen-bond acceptors (Lipinski definition) is 5. The van der Waals surface area contributed by atoms with Crippen LogP contribution in [0.5, 0.6) is 0 Å². The summed E-state index contributed by atoms with van der Waals surface area (Å²) in [5.74, 6) is -0.280. The standard InChI is InChI=1S/C21H19ClN4O2/c1-3-10-28-21(27)17-18-20(25-16-7-5-4-6-15(16)24-18)26(19(17)23)13-9-8-12(2)14(22)11-13/h4-9,11H,3,10,23H2,1-2H3. The minimum Gasteiger partial charge on any atom is -0.462 e. The normalized spacial score (nSPS) is 11.2. The number of anilines is 1. The molecule has 2 heterocycles. The highest BCUT2D eigenvalue weighted by atomic mass is 35.5. The van der Waals surface area contributed by atoms with Crippen molar-refractivity contribution in [2.75, 3.05) is 12.3 Å². The van der Waals surface area contributed by atoms with Crippen LogP contribution >= 0.6 is 11.6 Å². The highest BCUT2D eigenvalue weighted by Crippen LogP contribution is 2.32. The zero-order chi connectivity index (χ0) is 19.8. The summed E-state index contributed by atoms with van der Waals surface area (Å²) < 4.78 is 7.04. The molecule has 142 valence electrons. The molecule has 0 atom stereocenters. The van der Waals surface area contributed by atoms with Gasteiger partial charge in [0.2, 0.25) is 0 Å². The quantitative estimate of drug-likeness (QED) is 0.508. The molecule has 6 nitrogen and oxygen atoms in total. The first-order chi connectivity index (χ1) is 13.5. The number of esters is 1.